The summed E-state index contributed by atoms with van der Waals surface area (Å²) in [7, 11) is 0. The quantitative estimate of drug-likeness (QED) is 0.358. The van der Waals surface area contributed by atoms with Crippen LogP contribution in [0.3, 0.4) is 0 Å². The number of anilines is 1. The summed E-state index contributed by atoms with van der Waals surface area (Å²) in [5.74, 6) is 1.50. The number of likely N-dealkylation sites (tertiary alicyclic amines) is 1. The van der Waals surface area contributed by atoms with Crippen molar-refractivity contribution in [3.63, 3.8) is 0 Å². The molecule has 0 aliphatic carbocycles. The number of carbonyl (C=O) groups is 1. The molecular formula is C28H34N4O2. The average molecular weight is 459 g/mol. The van der Waals surface area contributed by atoms with Gasteiger partial charge in [0.15, 0.2) is 0 Å². The van der Waals surface area contributed by atoms with Gasteiger partial charge in [0.05, 0.1) is 0 Å². The van der Waals surface area contributed by atoms with E-state index in [0.717, 1.165) is 43.2 Å². The predicted molar refractivity (Wildman–Crippen MR) is 138 cm³/mol. The molecule has 1 aliphatic rings. The third-order valence-corrected chi connectivity index (χ3v) is 5.95. The third kappa shape index (κ3) is 7.90. The van der Waals surface area contributed by atoms with Gasteiger partial charge in [-0.25, -0.2) is 4.79 Å². The Balaban J connectivity index is 1.28. The Morgan fingerprint density at radius 3 is 2.21 bits per heavy atom. The van der Waals surface area contributed by atoms with Gasteiger partial charge in [0.2, 0.25) is 0 Å². The Morgan fingerprint density at radius 1 is 0.853 bits per heavy atom. The zero-order valence-corrected chi connectivity index (χ0v) is 19.6. The second-order valence-corrected chi connectivity index (χ2v) is 8.68. The first kappa shape index (κ1) is 23.8. The van der Waals surface area contributed by atoms with Crippen molar-refractivity contribution in [1.29, 1.82) is 0 Å². The van der Waals surface area contributed by atoms with E-state index in [0.29, 0.717) is 0 Å². The van der Waals surface area contributed by atoms with Crippen LogP contribution in [-0.4, -0.2) is 49.7 Å². The van der Waals surface area contributed by atoms with E-state index in [1.807, 2.05) is 72.8 Å². The maximum Gasteiger partial charge on any atom is 0.319 e. The van der Waals surface area contributed by atoms with Gasteiger partial charge in [-0.1, -0.05) is 48.5 Å². The molecular weight excluding hydrogens is 424 g/mol. The Kier molecular flexibility index (Phi) is 8.94. The molecule has 0 aromatic heterocycles. The Labute approximate surface area is 202 Å². The zero-order chi connectivity index (χ0) is 23.4. The van der Waals surface area contributed by atoms with E-state index in [2.05, 4.69) is 33.0 Å². The van der Waals surface area contributed by atoms with Crippen molar-refractivity contribution in [3.8, 4) is 11.5 Å². The number of nitrogens with zero attached hydrogens (tertiary/aromatic N) is 1. The normalized spacial score (nSPS) is 14.5. The number of ether oxygens (including phenoxy) is 1. The van der Waals surface area contributed by atoms with E-state index in [4.69, 9.17) is 4.74 Å². The molecule has 0 saturated carbocycles. The minimum atomic E-state index is -0.209. The van der Waals surface area contributed by atoms with Gasteiger partial charge in [0.25, 0.3) is 0 Å². The molecule has 1 aliphatic heterocycles. The summed E-state index contributed by atoms with van der Waals surface area (Å²) >= 11 is 0. The van der Waals surface area contributed by atoms with Gasteiger partial charge in [-0.2, -0.15) is 0 Å². The van der Waals surface area contributed by atoms with Gasteiger partial charge < -0.3 is 25.6 Å². The van der Waals surface area contributed by atoms with E-state index in [1.54, 1.807) is 0 Å². The fourth-order valence-electron chi connectivity index (χ4n) is 4.18. The summed E-state index contributed by atoms with van der Waals surface area (Å²) in [5.41, 5.74) is 1.93. The van der Waals surface area contributed by atoms with Crippen LogP contribution in [0.5, 0.6) is 11.5 Å². The number of rotatable bonds is 11. The zero-order valence-electron chi connectivity index (χ0n) is 19.6. The predicted octanol–water partition coefficient (Wildman–Crippen LogP) is 4.90. The molecule has 3 aromatic carbocycles. The number of amides is 2. The minimum Gasteiger partial charge on any atom is -0.457 e. The van der Waals surface area contributed by atoms with Gasteiger partial charge in [-0.05, 0) is 74.3 Å². The number of carbonyl (C=O) groups excluding carboxylic acids is 1. The van der Waals surface area contributed by atoms with Crippen LogP contribution in [-0.2, 0) is 6.42 Å². The van der Waals surface area contributed by atoms with Crippen LogP contribution in [0.1, 0.15) is 18.4 Å². The van der Waals surface area contributed by atoms with E-state index in [9.17, 15) is 4.79 Å². The first-order valence-electron chi connectivity index (χ1n) is 12.1. The first-order chi connectivity index (χ1) is 16.7. The fraction of sp³-hybridized carbons (Fsp3) is 0.321. The van der Waals surface area contributed by atoms with E-state index >= 15 is 0 Å². The summed E-state index contributed by atoms with van der Waals surface area (Å²) in [6.07, 6.45) is 3.38. The molecule has 1 unspecified atom stereocenters. The largest absolute Gasteiger partial charge is 0.457 e. The van der Waals surface area contributed by atoms with E-state index in [1.165, 1.54) is 31.5 Å². The van der Waals surface area contributed by atoms with Crippen LogP contribution >= 0.6 is 0 Å². The standard InChI is InChI=1S/C28H34N4O2/c33-28(30-24-13-15-27(16-14-24)34-26-11-5-2-6-12-26)31-25(21-23-9-3-1-4-10-23)22-29-17-20-32-18-7-8-19-32/h1-6,9-16,25,29H,7-8,17-22H2,(H2,30,31,33). The third-order valence-electron chi connectivity index (χ3n) is 5.95. The molecule has 0 bridgehead atoms. The molecule has 1 atom stereocenters. The maximum atomic E-state index is 12.7. The molecule has 1 saturated heterocycles. The molecule has 4 rings (SSSR count). The van der Waals surface area contributed by atoms with Crippen molar-refractivity contribution in [3.05, 3.63) is 90.5 Å². The molecule has 34 heavy (non-hydrogen) atoms. The lowest BCUT2D eigenvalue weighted by Gasteiger charge is -2.21. The second kappa shape index (κ2) is 12.8. The van der Waals surface area contributed by atoms with Crippen molar-refractivity contribution < 1.29 is 9.53 Å². The van der Waals surface area contributed by atoms with E-state index < -0.39 is 0 Å². The molecule has 1 fully saturated rings. The SMILES string of the molecule is O=C(Nc1ccc(Oc2ccccc2)cc1)NC(CNCCN1CCCC1)Cc1ccccc1. The lowest BCUT2D eigenvalue weighted by Crippen LogP contribution is -2.46. The monoisotopic (exact) mass is 458 g/mol. The maximum absolute atomic E-state index is 12.7. The highest BCUT2D eigenvalue weighted by Gasteiger charge is 2.15. The molecule has 1 heterocycles. The number of benzene rings is 3. The highest BCUT2D eigenvalue weighted by atomic mass is 16.5. The van der Waals surface area contributed by atoms with Crippen LogP contribution in [0.2, 0.25) is 0 Å². The van der Waals surface area contributed by atoms with E-state index in [-0.39, 0.29) is 12.1 Å². The molecule has 3 aromatic rings. The average Bonchev–Trinajstić information content (AvgIpc) is 3.38. The Hall–Kier alpha value is -3.35. The number of urea groups is 1. The van der Waals surface area contributed by atoms with Crippen molar-refractivity contribution in [2.24, 2.45) is 0 Å². The first-order valence-corrected chi connectivity index (χ1v) is 12.1. The highest BCUT2D eigenvalue weighted by Crippen LogP contribution is 2.22. The summed E-state index contributed by atoms with van der Waals surface area (Å²) in [6.45, 7) is 5.11. The van der Waals surface area contributed by atoms with Gasteiger partial charge in [-0.15, -0.1) is 0 Å². The topological polar surface area (TPSA) is 65.6 Å². The molecule has 6 heteroatoms. The number of para-hydroxylation sites is 1. The fourth-order valence-corrected chi connectivity index (χ4v) is 4.18. The van der Waals surface area contributed by atoms with Crippen molar-refractivity contribution in [2.75, 3.05) is 38.0 Å². The van der Waals surface area contributed by atoms with Crippen LogP contribution in [0.4, 0.5) is 10.5 Å². The number of nitrogens with one attached hydrogen (secondary N) is 3. The minimum absolute atomic E-state index is 0.0123. The van der Waals surface area contributed by atoms with Gasteiger partial charge in [0, 0.05) is 31.4 Å². The molecule has 3 N–H and O–H groups in total. The molecule has 0 radical (unpaired) electrons. The van der Waals surface area contributed by atoms with Gasteiger partial charge >= 0.3 is 6.03 Å². The van der Waals surface area contributed by atoms with Crippen molar-refractivity contribution in [1.82, 2.24) is 15.5 Å². The molecule has 6 nitrogen and oxygen atoms in total. The molecule has 2 amide bonds. The number of hydrogen-bond donors (Lipinski definition) is 3. The number of hydrogen-bond acceptors (Lipinski definition) is 4. The van der Waals surface area contributed by atoms with Crippen LogP contribution < -0.4 is 20.7 Å². The molecule has 0 spiro atoms. The van der Waals surface area contributed by atoms with Crippen LogP contribution in [0.25, 0.3) is 0 Å². The van der Waals surface area contributed by atoms with Crippen molar-refractivity contribution >= 4 is 11.7 Å². The van der Waals surface area contributed by atoms with Crippen molar-refractivity contribution in [2.45, 2.75) is 25.3 Å². The van der Waals surface area contributed by atoms with Crippen LogP contribution in [0.15, 0.2) is 84.9 Å². The lowest BCUT2D eigenvalue weighted by molar-refractivity contribution is 0.247. The smallest absolute Gasteiger partial charge is 0.319 e. The highest BCUT2D eigenvalue weighted by molar-refractivity contribution is 5.89. The summed E-state index contributed by atoms with van der Waals surface area (Å²) in [5, 5.41) is 9.61. The van der Waals surface area contributed by atoms with Gasteiger partial charge in [-0.3, -0.25) is 0 Å². The summed E-state index contributed by atoms with van der Waals surface area (Å²) in [6, 6.07) is 27.1. The Morgan fingerprint density at radius 2 is 1.50 bits per heavy atom. The lowest BCUT2D eigenvalue weighted by atomic mass is 10.1. The summed E-state index contributed by atoms with van der Waals surface area (Å²) < 4.78 is 5.82. The second-order valence-electron chi connectivity index (χ2n) is 8.68. The Bertz CT molecular complexity index is 990. The molecule has 178 valence electrons. The summed E-state index contributed by atoms with van der Waals surface area (Å²) in [4.78, 5) is 15.2. The van der Waals surface area contributed by atoms with Crippen LogP contribution in [0, 0.1) is 0 Å². The van der Waals surface area contributed by atoms with Gasteiger partial charge in [0.1, 0.15) is 11.5 Å².